The first kappa shape index (κ1) is 16.5. The Bertz CT molecular complexity index is 398. The second kappa shape index (κ2) is 7.86. The Hall–Kier alpha value is 0.400. The molecule has 0 aliphatic carbocycles. The van der Waals surface area contributed by atoms with Gasteiger partial charge in [-0.25, -0.2) is 0 Å². The van der Waals surface area contributed by atoms with Gasteiger partial charge in [0.15, 0.2) is 0 Å². The van der Waals surface area contributed by atoms with Crippen LogP contribution in [0.2, 0.25) is 15.1 Å². The molecule has 102 valence electrons. The van der Waals surface area contributed by atoms with Crippen molar-refractivity contribution in [2.45, 2.75) is 31.6 Å². The topological polar surface area (TPSA) is 12.0 Å². The highest BCUT2D eigenvalue weighted by Crippen LogP contribution is 2.35. The Labute approximate surface area is 129 Å². The largest absolute Gasteiger partial charge is 0.310 e. The quantitative estimate of drug-likeness (QED) is 0.699. The van der Waals surface area contributed by atoms with Crippen LogP contribution in [0.25, 0.3) is 0 Å². The molecule has 1 N–H and O–H groups in total. The summed E-state index contributed by atoms with van der Waals surface area (Å²) in [5.74, 6) is 0. The molecule has 0 saturated heterocycles. The molecule has 0 fully saturated rings. The average molecular weight is 327 g/mol. The van der Waals surface area contributed by atoms with Crippen molar-refractivity contribution in [1.29, 1.82) is 0 Å². The second-order valence-corrected chi connectivity index (χ2v) is 6.71. The van der Waals surface area contributed by atoms with Crippen LogP contribution in [-0.4, -0.2) is 18.1 Å². The van der Waals surface area contributed by atoms with E-state index in [4.69, 9.17) is 34.8 Å². The van der Waals surface area contributed by atoms with Crippen LogP contribution in [0.5, 0.6) is 0 Å². The third-order valence-corrected chi connectivity index (χ3v) is 5.28. The van der Waals surface area contributed by atoms with E-state index < -0.39 is 0 Å². The van der Waals surface area contributed by atoms with E-state index in [1.165, 1.54) is 0 Å². The minimum absolute atomic E-state index is 0.168. The van der Waals surface area contributed by atoms with Crippen LogP contribution in [0.15, 0.2) is 12.1 Å². The molecule has 0 saturated carbocycles. The summed E-state index contributed by atoms with van der Waals surface area (Å²) >= 11 is 20.0. The van der Waals surface area contributed by atoms with Gasteiger partial charge in [-0.05, 0) is 37.8 Å². The van der Waals surface area contributed by atoms with Gasteiger partial charge in [-0.1, -0.05) is 47.8 Å². The maximum Gasteiger partial charge on any atom is 0.0781 e. The fraction of sp³-hybridized carbons (Fsp3) is 0.538. The van der Waals surface area contributed by atoms with Crippen LogP contribution in [0.1, 0.15) is 31.9 Å². The van der Waals surface area contributed by atoms with E-state index in [-0.39, 0.29) is 6.04 Å². The zero-order chi connectivity index (χ0) is 13.7. The van der Waals surface area contributed by atoms with Crippen molar-refractivity contribution < 1.29 is 0 Å². The van der Waals surface area contributed by atoms with E-state index in [2.05, 4.69) is 25.4 Å². The molecule has 0 aliphatic rings. The molecule has 2 atom stereocenters. The molecular weight excluding hydrogens is 309 g/mol. The van der Waals surface area contributed by atoms with Crippen molar-refractivity contribution in [3.8, 4) is 0 Å². The van der Waals surface area contributed by atoms with E-state index in [1.54, 1.807) is 6.07 Å². The monoisotopic (exact) mass is 325 g/mol. The third kappa shape index (κ3) is 4.50. The first-order chi connectivity index (χ1) is 8.47. The van der Waals surface area contributed by atoms with Crippen LogP contribution in [0.4, 0.5) is 0 Å². The highest BCUT2D eigenvalue weighted by Gasteiger charge is 2.14. The Balaban J connectivity index is 2.62. The number of benzene rings is 1. The van der Waals surface area contributed by atoms with Crippen molar-refractivity contribution in [3.05, 3.63) is 32.8 Å². The normalized spacial score (nSPS) is 14.6. The van der Waals surface area contributed by atoms with Gasteiger partial charge >= 0.3 is 0 Å². The summed E-state index contributed by atoms with van der Waals surface area (Å²) in [5, 5.41) is 5.58. The fourth-order valence-electron chi connectivity index (χ4n) is 1.61. The van der Waals surface area contributed by atoms with Gasteiger partial charge < -0.3 is 5.32 Å². The molecule has 0 bridgehead atoms. The van der Waals surface area contributed by atoms with Crippen LogP contribution < -0.4 is 5.32 Å². The summed E-state index contributed by atoms with van der Waals surface area (Å²) < 4.78 is 0. The summed E-state index contributed by atoms with van der Waals surface area (Å²) in [6.45, 7) is 5.26. The number of nitrogens with one attached hydrogen (secondary N) is 1. The lowest BCUT2D eigenvalue weighted by molar-refractivity contribution is 0.558. The molecule has 0 spiro atoms. The zero-order valence-corrected chi connectivity index (χ0v) is 13.9. The molecule has 0 amide bonds. The van der Waals surface area contributed by atoms with Crippen molar-refractivity contribution >= 4 is 46.6 Å². The first-order valence-electron chi connectivity index (χ1n) is 5.87. The second-order valence-electron chi connectivity index (χ2n) is 4.28. The first-order valence-corrected chi connectivity index (χ1v) is 8.29. The van der Waals surface area contributed by atoms with E-state index >= 15 is 0 Å². The maximum absolute atomic E-state index is 6.20. The predicted octanol–water partition coefficient (Wildman–Crippen LogP) is 5.44. The van der Waals surface area contributed by atoms with Crippen LogP contribution in [-0.2, 0) is 0 Å². The van der Waals surface area contributed by atoms with E-state index in [0.29, 0.717) is 20.3 Å². The Morgan fingerprint density at radius 2 is 1.83 bits per heavy atom. The molecule has 0 aliphatic heterocycles. The lowest BCUT2D eigenvalue weighted by Crippen LogP contribution is -2.22. The van der Waals surface area contributed by atoms with E-state index in [9.17, 15) is 0 Å². The van der Waals surface area contributed by atoms with Crippen LogP contribution in [0.3, 0.4) is 0 Å². The number of halogens is 3. The van der Waals surface area contributed by atoms with Crippen LogP contribution in [0, 0.1) is 0 Å². The van der Waals surface area contributed by atoms with Crippen molar-refractivity contribution in [3.63, 3.8) is 0 Å². The van der Waals surface area contributed by atoms with Crippen LogP contribution >= 0.6 is 46.6 Å². The summed E-state index contributed by atoms with van der Waals surface area (Å²) in [4.78, 5) is 0. The van der Waals surface area contributed by atoms with E-state index in [1.807, 2.05) is 17.8 Å². The molecule has 1 rings (SSSR count). The third-order valence-electron chi connectivity index (χ3n) is 2.94. The molecule has 1 aromatic carbocycles. The zero-order valence-electron chi connectivity index (χ0n) is 10.8. The van der Waals surface area contributed by atoms with Crippen molar-refractivity contribution in [2.75, 3.05) is 12.8 Å². The lowest BCUT2D eigenvalue weighted by atomic mass is 10.1. The molecule has 1 aromatic rings. The molecule has 5 heteroatoms. The summed E-state index contributed by atoms with van der Waals surface area (Å²) in [6.07, 6.45) is 3.26. The minimum atomic E-state index is 0.168. The molecule has 0 aromatic heterocycles. The van der Waals surface area contributed by atoms with Crippen molar-refractivity contribution in [1.82, 2.24) is 5.32 Å². The van der Waals surface area contributed by atoms with Gasteiger partial charge in [0.05, 0.1) is 15.1 Å². The Morgan fingerprint density at radius 3 is 2.44 bits per heavy atom. The molecule has 2 unspecified atom stereocenters. The Morgan fingerprint density at radius 1 is 1.17 bits per heavy atom. The standard InChI is InChI=1S/C13H18Cl3NS/c1-8(18-3)6-7-17-9(2)10-4-5-11(14)13(16)12(10)15/h4-5,8-9,17H,6-7H2,1-3H3. The number of rotatable bonds is 6. The summed E-state index contributed by atoms with van der Waals surface area (Å²) in [7, 11) is 0. The highest BCUT2D eigenvalue weighted by molar-refractivity contribution is 7.99. The molecule has 0 radical (unpaired) electrons. The molecule has 0 heterocycles. The molecular formula is C13H18Cl3NS. The predicted molar refractivity (Wildman–Crippen MR) is 85.5 cm³/mol. The van der Waals surface area contributed by atoms with Gasteiger partial charge in [0.1, 0.15) is 0 Å². The number of hydrogen-bond acceptors (Lipinski definition) is 2. The van der Waals surface area contributed by atoms with Gasteiger partial charge in [-0.2, -0.15) is 11.8 Å². The van der Waals surface area contributed by atoms with Crippen molar-refractivity contribution in [2.24, 2.45) is 0 Å². The van der Waals surface area contributed by atoms with Gasteiger partial charge in [-0.3, -0.25) is 0 Å². The van der Waals surface area contributed by atoms with Gasteiger partial charge in [0.2, 0.25) is 0 Å². The highest BCUT2D eigenvalue weighted by atomic mass is 35.5. The number of hydrogen-bond donors (Lipinski definition) is 1. The fourth-order valence-corrected chi connectivity index (χ4v) is 2.67. The average Bonchev–Trinajstić information content (AvgIpc) is 2.35. The molecule has 1 nitrogen and oxygen atoms in total. The maximum atomic E-state index is 6.20. The molecule has 18 heavy (non-hydrogen) atoms. The van der Waals surface area contributed by atoms with E-state index in [0.717, 1.165) is 18.5 Å². The van der Waals surface area contributed by atoms with Gasteiger partial charge in [0.25, 0.3) is 0 Å². The minimum Gasteiger partial charge on any atom is -0.310 e. The lowest BCUT2D eigenvalue weighted by Gasteiger charge is -2.18. The van der Waals surface area contributed by atoms with Gasteiger partial charge in [0, 0.05) is 11.3 Å². The SMILES string of the molecule is CSC(C)CCNC(C)c1ccc(Cl)c(Cl)c1Cl. The Kier molecular flexibility index (Phi) is 7.19. The van der Waals surface area contributed by atoms with Gasteiger partial charge in [-0.15, -0.1) is 0 Å². The smallest absolute Gasteiger partial charge is 0.0781 e. The summed E-state index contributed by atoms with van der Waals surface area (Å²) in [6, 6.07) is 3.88. The summed E-state index contributed by atoms with van der Waals surface area (Å²) in [5.41, 5.74) is 0.989. The number of thioether (sulfide) groups is 1.